The molecule has 0 saturated carbocycles. The van der Waals surface area contributed by atoms with Crippen LogP contribution in [-0.2, 0) is 16.8 Å². The number of aliphatic hydroxyl groups is 1. The van der Waals surface area contributed by atoms with Gasteiger partial charge < -0.3 is 10.0 Å². The number of amides is 1. The minimum absolute atomic E-state index is 0.0390. The van der Waals surface area contributed by atoms with Gasteiger partial charge in [-0.05, 0) is 36.8 Å². The Morgan fingerprint density at radius 3 is 2.64 bits per heavy atom. The first kappa shape index (κ1) is 15.5. The third kappa shape index (κ3) is 3.03. The Labute approximate surface area is 132 Å². The highest BCUT2D eigenvalue weighted by Gasteiger charge is 2.38. The maximum absolute atomic E-state index is 12.5. The number of hydrogen-bond donors (Lipinski definition) is 2. The van der Waals surface area contributed by atoms with Gasteiger partial charge in [0, 0.05) is 13.1 Å². The monoisotopic (exact) mass is 302 g/mol. The van der Waals surface area contributed by atoms with Gasteiger partial charge in [0.15, 0.2) is 0 Å². The van der Waals surface area contributed by atoms with Crippen LogP contribution in [0.4, 0.5) is 0 Å². The van der Waals surface area contributed by atoms with Crippen LogP contribution in [0.2, 0.25) is 0 Å². The zero-order valence-corrected chi connectivity index (χ0v) is 13.2. The molecule has 0 bridgehead atoms. The van der Waals surface area contributed by atoms with Gasteiger partial charge in [0.05, 0.1) is 18.7 Å². The van der Waals surface area contributed by atoms with Gasteiger partial charge in [0.25, 0.3) is 0 Å². The summed E-state index contributed by atoms with van der Waals surface area (Å²) >= 11 is 0. The Kier molecular flexibility index (Phi) is 4.79. The van der Waals surface area contributed by atoms with E-state index in [1.807, 2.05) is 17.0 Å². The molecule has 22 heavy (non-hydrogen) atoms. The zero-order chi connectivity index (χ0) is 15.4. The topological polar surface area (TPSA) is 52.6 Å². The summed E-state index contributed by atoms with van der Waals surface area (Å²) in [7, 11) is 0. The van der Waals surface area contributed by atoms with Crippen LogP contribution in [-0.4, -0.2) is 42.2 Å². The highest BCUT2D eigenvalue weighted by Crippen LogP contribution is 2.36. The molecular formula is C18H26N2O2. The van der Waals surface area contributed by atoms with Gasteiger partial charge in [0.1, 0.15) is 0 Å². The molecular weight excluding hydrogens is 276 g/mol. The van der Waals surface area contributed by atoms with Crippen LogP contribution >= 0.6 is 0 Å². The van der Waals surface area contributed by atoms with Crippen LogP contribution in [0.5, 0.6) is 0 Å². The largest absolute Gasteiger partial charge is 0.394 e. The van der Waals surface area contributed by atoms with Crippen LogP contribution in [0.3, 0.4) is 0 Å². The molecule has 1 atom stereocenters. The number of aryl methyl sites for hydroxylation is 1. The molecule has 1 aliphatic heterocycles. The Hall–Kier alpha value is -1.39. The molecule has 3 rings (SSSR count). The van der Waals surface area contributed by atoms with Crippen molar-refractivity contribution in [1.29, 1.82) is 0 Å². The first-order chi connectivity index (χ1) is 10.7. The number of nitrogens with one attached hydrogen (secondary N) is 1. The lowest BCUT2D eigenvalue weighted by molar-refractivity contribution is -0.130. The minimum atomic E-state index is -0.446. The van der Waals surface area contributed by atoms with Crippen molar-refractivity contribution in [3.8, 4) is 0 Å². The van der Waals surface area contributed by atoms with Crippen molar-refractivity contribution in [2.45, 2.75) is 44.1 Å². The van der Waals surface area contributed by atoms with Gasteiger partial charge in [-0.2, -0.15) is 0 Å². The van der Waals surface area contributed by atoms with Crippen LogP contribution in [0.15, 0.2) is 24.3 Å². The Morgan fingerprint density at radius 2 is 1.91 bits per heavy atom. The van der Waals surface area contributed by atoms with E-state index < -0.39 is 5.54 Å². The Balaban J connectivity index is 1.65. The maximum Gasteiger partial charge on any atom is 0.236 e. The molecule has 1 aliphatic carbocycles. The van der Waals surface area contributed by atoms with Crippen LogP contribution in [0.25, 0.3) is 0 Å². The lowest BCUT2D eigenvalue weighted by atomic mass is 9.92. The SMILES string of the molecule is O=C(CNC1(CO)CCc2ccccc21)N1CCCCCC1. The molecule has 1 aromatic carbocycles. The number of hydrogen-bond acceptors (Lipinski definition) is 3. The number of carbonyl (C=O) groups excluding carboxylic acids is 1. The fraction of sp³-hybridized carbons (Fsp3) is 0.611. The average molecular weight is 302 g/mol. The van der Waals surface area contributed by atoms with Gasteiger partial charge in [-0.15, -0.1) is 0 Å². The van der Waals surface area contributed by atoms with E-state index >= 15 is 0 Å². The number of benzene rings is 1. The molecule has 1 unspecified atom stereocenters. The van der Waals surface area contributed by atoms with Crippen LogP contribution < -0.4 is 5.32 Å². The second-order valence-electron chi connectivity index (χ2n) is 6.55. The second kappa shape index (κ2) is 6.80. The van der Waals surface area contributed by atoms with E-state index in [1.165, 1.54) is 18.4 Å². The van der Waals surface area contributed by atoms with Crippen molar-refractivity contribution >= 4 is 5.91 Å². The Bertz CT molecular complexity index is 524. The lowest BCUT2D eigenvalue weighted by Gasteiger charge is -2.31. The molecule has 1 amide bonds. The van der Waals surface area contributed by atoms with Crippen molar-refractivity contribution in [3.05, 3.63) is 35.4 Å². The van der Waals surface area contributed by atoms with E-state index in [0.29, 0.717) is 6.54 Å². The summed E-state index contributed by atoms with van der Waals surface area (Å²) in [5, 5.41) is 13.3. The van der Waals surface area contributed by atoms with Gasteiger partial charge in [-0.3, -0.25) is 10.1 Å². The molecule has 1 saturated heterocycles. The highest BCUT2D eigenvalue weighted by atomic mass is 16.3. The molecule has 2 aliphatic rings. The van der Waals surface area contributed by atoms with E-state index in [2.05, 4.69) is 17.4 Å². The number of likely N-dealkylation sites (tertiary alicyclic amines) is 1. The van der Waals surface area contributed by atoms with Gasteiger partial charge >= 0.3 is 0 Å². The number of rotatable bonds is 4. The van der Waals surface area contributed by atoms with E-state index in [9.17, 15) is 9.90 Å². The molecule has 120 valence electrons. The number of aliphatic hydroxyl groups excluding tert-OH is 1. The summed E-state index contributed by atoms with van der Waals surface area (Å²) < 4.78 is 0. The van der Waals surface area contributed by atoms with Gasteiger partial charge in [-0.25, -0.2) is 0 Å². The predicted octanol–water partition coefficient (Wildman–Crippen LogP) is 1.81. The number of nitrogens with zero attached hydrogens (tertiary/aromatic N) is 1. The molecule has 1 aromatic rings. The van der Waals surface area contributed by atoms with Crippen molar-refractivity contribution in [3.63, 3.8) is 0 Å². The zero-order valence-electron chi connectivity index (χ0n) is 13.2. The smallest absolute Gasteiger partial charge is 0.236 e. The highest BCUT2D eigenvalue weighted by molar-refractivity contribution is 5.78. The van der Waals surface area contributed by atoms with Crippen LogP contribution in [0, 0.1) is 0 Å². The first-order valence-electron chi connectivity index (χ1n) is 8.47. The summed E-state index contributed by atoms with van der Waals surface area (Å²) in [6.07, 6.45) is 6.49. The lowest BCUT2D eigenvalue weighted by Crippen LogP contribution is -2.49. The third-order valence-electron chi connectivity index (χ3n) is 5.16. The molecule has 0 spiro atoms. The molecule has 4 nitrogen and oxygen atoms in total. The molecule has 2 N–H and O–H groups in total. The average Bonchev–Trinajstić information content (AvgIpc) is 2.74. The molecule has 4 heteroatoms. The third-order valence-corrected chi connectivity index (χ3v) is 5.16. The Morgan fingerprint density at radius 1 is 1.18 bits per heavy atom. The van der Waals surface area contributed by atoms with Crippen molar-refractivity contribution in [2.24, 2.45) is 0 Å². The normalized spacial score (nSPS) is 24.9. The minimum Gasteiger partial charge on any atom is -0.394 e. The summed E-state index contributed by atoms with van der Waals surface area (Å²) in [4.78, 5) is 14.4. The first-order valence-corrected chi connectivity index (χ1v) is 8.47. The fourth-order valence-electron chi connectivity index (χ4n) is 3.77. The maximum atomic E-state index is 12.5. The van der Waals surface area contributed by atoms with E-state index in [4.69, 9.17) is 0 Å². The summed E-state index contributed by atoms with van der Waals surface area (Å²) in [6.45, 7) is 2.11. The van der Waals surface area contributed by atoms with Crippen molar-refractivity contribution < 1.29 is 9.90 Å². The van der Waals surface area contributed by atoms with Crippen LogP contribution in [0.1, 0.15) is 43.2 Å². The van der Waals surface area contributed by atoms with Gasteiger partial charge in [-0.1, -0.05) is 37.1 Å². The molecule has 0 aromatic heterocycles. The van der Waals surface area contributed by atoms with E-state index in [0.717, 1.165) is 44.3 Å². The molecule has 1 heterocycles. The molecule has 1 fully saturated rings. The van der Waals surface area contributed by atoms with E-state index in [-0.39, 0.29) is 12.5 Å². The van der Waals surface area contributed by atoms with Crippen molar-refractivity contribution in [2.75, 3.05) is 26.2 Å². The summed E-state index contributed by atoms with van der Waals surface area (Å²) in [5.74, 6) is 0.166. The number of fused-ring (bicyclic) bond motifs is 1. The molecule has 0 radical (unpaired) electrons. The quantitative estimate of drug-likeness (QED) is 0.892. The predicted molar refractivity (Wildman–Crippen MR) is 86.6 cm³/mol. The summed E-state index contributed by atoms with van der Waals surface area (Å²) in [5.41, 5.74) is 1.99. The fourth-order valence-corrected chi connectivity index (χ4v) is 3.77. The standard InChI is InChI=1S/C18H26N2O2/c21-14-18(10-9-15-7-3-4-8-16(15)18)19-13-17(22)20-11-5-1-2-6-12-20/h3-4,7-8,19,21H,1-2,5-6,9-14H2. The van der Waals surface area contributed by atoms with Gasteiger partial charge in [0.2, 0.25) is 5.91 Å². The van der Waals surface area contributed by atoms with E-state index in [1.54, 1.807) is 0 Å². The second-order valence-corrected chi connectivity index (χ2v) is 6.55. The summed E-state index contributed by atoms with van der Waals surface area (Å²) in [6, 6.07) is 8.23. The number of carbonyl (C=O) groups is 1. The van der Waals surface area contributed by atoms with Crippen molar-refractivity contribution in [1.82, 2.24) is 10.2 Å².